The minimum absolute atomic E-state index is 0.109. The summed E-state index contributed by atoms with van der Waals surface area (Å²) in [5, 5.41) is 14.8. The van der Waals surface area contributed by atoms with Gasteiger partial charge < -0.3 is 0 Å². The quantitative estimate of drug-likeness (QED) is 0.389. The number of halogens is 1. The predicted octanol–water partition coefficient (Wildman–Crippen LogP) is 3.04. The second-order valence-electron chi connectivity index (χ2n) is 3.52. The molecule has 1 heterocycles. The molecule has 0 atom stereocenters. The standard InChI is InChI=1S/C12H9IN4O2/c13-10-5-2-1-4-9(10)8-15-16-12-11(17(18)19)6-3-7-14-12/h1-8H,(H,14,16)/b15-8-. The number of rotatable bonds is 4. The number of benzene rings is 1. The van der Waals surface area contributed by atoms with Crippen LogP contribution in [0.15, 0.2) is 47.7 Å². The van der Waals surface area contributed by atoms with Crippen LogP contribution in [0.4, 0.5) is 11.5 Å². The van der Waals surface area contributed by atoms with E-state index >= 15 is 0 Å². The number of nitro groups is 1. The summed E-state index contributed by atoms with van der Waals surface area (Å²) < 4.78 is 1.04. The van der Waals surface area contributed by atoms with E-state index < -0.39 is 4.92 Å². The SMILES string of the molecule is O=[N+]([O-])c1cccnc1N/N=C\c1ccccc1I. The topological polar surface area (TPSA) is 80.4 Å². The Kier molecular flexibility index (Phi) is 4.39. The molecule has 1 N–H and O–H groups in total. The maximum absolute atomic E-state index is 10.8. The number of aromatic nitrogens is 1. The van der Waals surface area contributed by atoms with Crippen LogP contribution in [0, 0.1) is 13.7 Å². The molecular weight excluding hydrogens is 359 g/mol. The molecular formula is C12H9IN4O2. The third kappa shape index (κ3) is 3.47. The average molecular weight is 368 g/mol. The second kappa shape index (κ2) is 6.23. The summed E-state index contributed by atoms with van der Waals surface area (Å²) in [5.41, 5.74) is 3.40. The molecule has 0 aliphatic carbocycles. The Balaban J connectivity index is 2.15. The number of anilines is 1. The van der Waals surface area contributed by atoms with Gasteiger partial charge in [-0.2, -0.15) is 5.10 Å². The molecule has 0 fully saturated rings. The zero-order chi connectivity index (χ0) is 13.7. The predicted molar refractivity (Wildman–Crippen MR) is 81.3 cm³/mol. The van der Waals surface area contributed by atoms with Crippen molar-refractivity contribution in [3.8, 4) is 0 Å². The molecule has 19 heavy (non-hydrogen) atoms. The van der Waals surface area contributed by atoms with Crippen molar-refractivity contribution < 1.29 is 4.92 Å². The molecule has 0 aliphatic heterocycles. The Morgan fingerprint density at radius 2 is 2.11 bits per heavy atom. The van der Waals surface area contributed by atoms with Crippen LogP contribution in [-0.2, 0) is 0 Å². The van der Waals surface area contributed by atoms with Crippen molar-refractivity contribution in [2.45, 2.75) is 0 Å². The summed E-state index contributed by atoms with van der Waals surface area (Å²) in [6.07, 6.45) is 3.07. The smallest absolute Gasteiger partial charge is 0.258 e. The van der Waals surface area contributed by atoms with Crippen molar-refractivity contribution in [1.82, 2.24) is 4.98 Å². The van der Waals surface area contributed by atoms with Crippen LogP contribution < -0.4 is 5.43 Å². The number of pyridine rings is 1. The fourth-order valence-electron chi connectivity index (χ4n) is 1.37. The van der Waals surface area contributed by atoms with Crippen LogP contribution in [0.1, 0.15) is 5.56 Å². The van der Waals surface area contributed by atoms with Crippen molar-refractivity contribution in [3.63, 3.8) is 0 Å². The third-order valence-electron chi connectivity index (χ3n) is 2.26. The molecule has 2 rings (SSSR count). The van der Waals surface area contributed by atoms with E-state index in [4.69, 9.17) is 0 Å². The van der Waals surface area contributed by atoms with Crippen molar-refractivity contribution in [2.24, 2.45) is 5.10 Å². The number of nitrogens with one attached hydrogen (secondary N) is 1. The van der Waals surface area contributed by atoms with Crippen LogP contribution >= 0.6 is 22.6 Å². The molecule has 2 aromatic rings. The molecule has 6 nitrogen and oxygen atoms in total. The van der Waals surface area contributed by atoms with E-state index in [9.17, 15) is 10.1 Å². The molecule has 1 aromatic carbocycles. The summed E-state index contributed by atoms with van der Waals surface area (Å²) in [5.74, 6) is 0.120. The van der Waals surface area contributed by atoms with Gasteiger partial charge in [-0.25, -0.2) is 4.98 Å². The molecule has 0 spiro atoms. The molecule has 1 aromatic heterocycles. The molecule has 0 radical (unpaired) electrons. The Morgan fingerprint density at radius 1 is 1.32 bits per heavy atom. The third-order valence-corrected chi connectivity index (χ3v) is 3.24. The van der Waals surface area contributed by atoms with Gasteiger partial charge in [0.15, 0.2) is 0 Å². The lowest BCUT2D eigenvalue weighted by atomic mass is 10.2. The molecule has 0 saturated heterocycles. The van der Waals surface area contributed by atoms with Gasteiger partial charge in [0.2, 0.25) is 5.82 Å². The lowest BCUT2D eigenvalue weighted by Crippen LogP contribution is -1.99. The van der Waals surface area contributed by atoms with Gasteiger partial charge in [-0.1, -0.05) is 18.2 Å². The summed E-state index contributed by atoms with van der Waals surface area (Å²) in [6, 6.07) is 10.6. The van der Waals surface area contributed by atoms with Crippen LogP contribution in [-0.4, -0.2) is 16.1 Å². The van der Waals surface area contributed by atoms with E-state index in [0.717, 1.165) is 9.13 Å². The zero-order valence-corrected chi connectivity index (χ0v) is 11.8. The van der Waals surface area contributed by atoms with Gasteiger partial charge in [0.1, 0.15) is 0 Å². The van der Waals surface area contributed by atoms with Gasteiger partial charge in [0.05, 0.1) is 11.1 Å². The maximum atomic E-state index is 10.8. The number of hydrogen-bond acceptors (Lipinski definition) is 5. The molecule has 0 bridgehead atoms. The minimum atomic E-state index is -0.503. The van der Waals surface area contributed by atoms with Crippen LogP contribution in [0.5, 0.6) is 0 Å². The molecule has 0 amide bonds. The molecule has 0 unspecified atom stereocenters. The van der Waals surface area contributed by atoms with Gasteiger partial charge in [0, 0.05) is 21.4 Å². The van der Waals surface area contributed by atoms with E-state index in [2.05, 4.69) is 38.1 Å². The van der Waals surface area contributed by atoms with Gasteiger partial charge in [-0.15, -0.1) is 0 Å². The Hall–Kier alpha value is -2.03. The van der Waals surface area contributed by atoms with E-state index in [0.29, 0.717) is 0 Å². The highest BCUT2D eigenvalue weighted by molar-refractivity contribution is 14.1. The lowest BCUT2D eigenvalue weighted by molar-refractivity contribution is -0.384. The number of hydrazone groups is 1. The highest BCUT2D eigenvalue weighted by Crippen LogP contribution is 2.20. The first-order chi connectivity index (χ1) is 9.18. The molecule has 96 valence electrons. The first-order valence-electron chi connectivity index (χ1n) is 5.31. The fraction of sp³-hybridized carbons (Fsp3) is 0. The zero-order valence-electron chi connectivity index (χ0n) is 9.65. The van der Waals surface area contributed by atoms with Crippen LogP contribution in [0.3, 0.4) is 0 Å². The number of nitrogens with zero attached hydrogens (tertiary/aromatic N) is 3. The summed E-state index contributed by atoms with van der Waals surface area (Å²) >= 11 is 2.19. The molecule has 7 heteroatoms. The first-order valence-corrected chi connectivity index (χ1v) is 6.39. The minimum Gasteiger partial charge on any atom is -0.258 e. The van der Waals surface area contributed by atoms with Crippen LogP contribution in [0.25, 0.3) is 0 Å². The highest BCUT2D eigenvalue weighted by Gasteiger charge is 2.12. The van der Waals surface area contributed by atoms with E-state index in [1.165, 1.54) is 18.3 Å². The van der Waals surface area contributed by atoms with Crippen molar-refractivity contribution in [2.75, 3.05) is 5.43 Å². The fourth-order valence-corrected chi connectivity index (χ4v) is 1.90. The highest BCUT2D eigenvalue weighted by atomic mass is 127. The lowest BCUT2D eigenvalue weighted by Gasteiger charge is -2.00. The summed E-state index contributed by atoms with van der Waals surface area (Å²) in [4.78, 5) is 14.2. The maximum Gasteiger partial charge on any atom is 0.313 e. The van der Waals surface area contributed by atoms with E-state index in [1.54, 1.807) is 6.21 Å². The van der Waals surface area contributed by atoms with Crippen molar-refractivity contribution >= 4 is 40.3 Å². The van der Waals surface area contributed by atoms with Gasteiger partial charge in [-0.3, -0.25) is 15.5 Å². The summed E-state index contributed by atoms with van der Waals surface area (Å²) in [7, 11) is 0. The first kappa shape index (κ1) is 13.4. The van der Waals surface area contributed by atoms with Gasteiger partial charge in [0.25, 0.3) is 0 Å². The largest absolute Gasteiger partial charge is 0.313 e. The Labute approximate surface area is 122 Å². The Morgan fingerprint density at radius 3 is 2.84 bits per heavy atom. The van der Waals surface area contributed by atoms with Gasteiger partial charge in [-0.05, 0) is 34.7 Å². The molecule has 0 saturated carbocycles. The van der Waals surface area contributed by atoms with Crippen LogP contribution in [0.2, 0.25) is 0 Å². The monoisotopic (exact) mass is 368 g/mol. The summed E-state index contributed by atoms with van der Waals surface area (Å²) in [6.45, 7) is 0. The van der Waals surface area contributed by atoms with Gasteiger partial charge >= 0.3 is 5.69 Å². The Bertz CT molecular complexity index is 631. The van der Waals surface area contributed by atoms with E-state index in [1.807, 2.05) is 24.3 Å². The van der Waals surface area contributed by atoms with Crippen molar-refractivity contribution in [1.29, 1.82) is 0 Å². The normalized spacial score (nSPS) is 10.6. The van der Waals surface area contributed by atoms with Crippen molar-refractivity contribution in [3.05, 3.63) is 61.8 Å². The number of hydrogen-bond donors (Lipinski definition) is 1. The van der Waals surface area contributed by atoms with E-state index in [-0.39, 0.29) is 11.5 Å². The second-order valence-corrected chi connectivity index (χ2v) is 4.68. The average Bonchev–Trinajstić information content (AvgIpc) is 2.41. The molecule has 0 aliphatic rings.